The van der Waals surface area contributed by atoms with Crippen LogP contribution in [0.1, 0.15) is 5.56 Å². The molecule has 0 atom stereocenters. The maximum absolute atomic E-state index is 10.5. The summed E-state index contributed by atoms with van der Waals surface area (Å²) in [5, 5.41) is 2.67. The van der Waals surface area contributed by atoms with Crippen molar-refractivity contribution in [1.82, 2.24) is 5.32 Å². The van der Waals surface area contributed by atoms with Crippen LogP contribution in [0.4, 0.5) is 4.79 Å². The van der Waals surface area contributed by atoms with Gasteiger partial charge in [-0.3, -0.25) is 4.79 Å². The maximum Gasteiger partial charge on any atom is 0.287 e. The molecular weight excluding hydrogens is 246 g/mol. The molecular formula is C10H12BrNO2. The number of halogens is 1. The van der Waals surface area contributed by atoms with E-state index in [4.69, 9.17) is 4.74 Å². The van der Waals surface area contributed by atoms with Gasteiger partial charge in [0.25, 0.3) is 4.82 Å². The summed E-state index contributed by atoms with van der Waals surface area (Å²) in [7, 11) is 1.64. The van der Waals surface area contributed by atoms with E-state index in [1.54, 1.807) is 7.11 Å². The molecule has 0 aromatic heterocycles. The van der Waals surface area contributed by atoms with E-state index in [1.807, 2.05) is 24.3 Å². The molecule has 0 radical (unpaired) electrons. The number of hydrogen-bond acceptors (Lipinski definition) is 2. The first-order valence-electron chi connectivity index (χ1n) is 4.28. The van der Waals surface area contributed by atoms with Crippen LogP contribution in [0.25, 0.3) is 0 Å². The SMILES string of the molecule is COc1cccc(CCNC(=O)Br)c1. The normalized spacial score (nSPS) is 9.57. The van der Waals surface area contributed by atoms with Crippen LogP contribution >= 0.6 is 15.9 Å². The second-order valence-electron chi connectivity index (χ2n) is 2.80. The summed E-state index contributed by atoms with van der Waals surface area (Å²) in [4.78, 5) is 10.4. The average Bonchev–Trinajstić information content (AvgIpc) is 2.18. The topological polar surface area (TPSA) is 38.3 Å². The minimum Gasteiger partial charge on any atom is -0.497 e. The number of amides is 1. The van der Waals surface area contributed by atoms with Gasteiger partial charge < -0.3 is 10.1 Å². The third-order valence-corrected chi connectivity index (χ3v) is 2.09. The molecule has 3 nitrogen and oxygen atoms in total. The van der Waals surface area contributed by atoms with Crippen LogP contribution in [-0.4, -0.2) is 18.5 Å². The largest absolute Gasteiger partial charge is 0.497 e. The van der Waals surface area contributed by atoms with E-state index in [0.29, 0.717) is 6.54 Å². The number of ether oxygens (including phenoxy) is 1. The molecule has 1 amide bonds. The Kier molecular flexibility index (Phi) is 4.46. The minimum atomic E-state index is -0.180. The van der Waals surface area contributed by atoms with Gasteiger partial charge in [-0.2, -0.15) is 0 Å². The summed E-state index contributed by atoms with van der Waals surface area (Å²) in [6.07, 6.45) is 0.800. The standard InChI is InChI=1S/C10H12BrNO2/c1-14-9-4-2-3-8(7-9)5-6-12-10(11)13/h2-4,7H,5-6H2,1H3,(H,12,13). The van der Waals surface area contributed by atoms with Crippen LogP contribution in [0.3, 0.4) is 0 Å². The second-order valence-corrected chi connectivity index (χ2v) is 3.52. The van der Waals surface area contributed by atoms with Gasteiger partial charge in [-0.15, -0.1) is 0 Å². The van der Waals surface area contributed by atoms with E-state index in [-0.39, 0.29) is 4.82 Å². The molecule has 0 aliphatic carbocycles. The quantitative estimate of drug-likeness (QED) is 0.665. The lowest BCUT2D eigenvalue weighted by molar-refractivity contribution is 0.262. The predicted octanol–water partition coefficient (Wildman–Crippen LogP) is 2.34. The number of benzene rings is 1. The van der Waals surface area contributed by atoms with Crippen LogP contribution in [0.5, 0.6) is 5.75 Å². The predicted molar refractivity (Wildman–Crippen MR) is 59.0 cm³/mol. The summed E-state index contributed by atoms with van der Waals surface area (Å²) >= 11 is 2.80. The Labute approximate surface area is 91.6 Å². The van der Waals surface area contributed by atoms with Gasteiger partial charge in [0.2, 0.25) is 0 Å². The summed E-state index contributed by atoms with van der Waals surface area (Å²) in [6.45, 7) is 0.622. The van der Waals surface area contributed by atoms with Gasteiger partial charge in [-0.05, 0) is 24.1 Å². The third-order valence-electron chi connectivity index (χ3n) is 1.81. The van der Waals surface area contributed by atoms with Crippen LogP contribution in [0, 0.1) is 0 Å². The van der Waals surface area contributed by atoms with Crippen molar-refractivity contribution < 1.29 is 9.53 Å². The highest BCUT2D eigenvalue weighted by Gasteiger charge is 1.97. The lowest BCUT2D eigenvalue weighted by Gasteiger charge is -2.04. The van der Waals surface area contributed by atoms with Gasteiger partial charge in [0, 0.05) is 22.5 Å². The van der Waals surface area contributed by atoms with E-state index in [1.165, 1.54) is 0 Å². The fourth-order valence-electron chi connectivity index (χ4n) is 1.13. The zero-order valence-corrected chi connectivity index (χ0v) is 9.50. The molecule has 1 N–H and O–H groups in total. The number of hydrogen-bond donors (Lipinski definition) is 1. The fraction of sp³-hybridized carbons (Fsp3) is 0.300. The van der Waals surface area contributed by atoms with Crippen molar-refractivity contribution in [3.05, 3.63) is 29.8 Å². The van der Waals surface area contributed by atoms with Gasteiger partial charge in [0.05, 0.1) is 7.11 Å². The molecule has 14 heavy (non-hydrogen) atoms. The molecule has 0 aliphatic rings. The molecule has 1 rings (SSSR count). The lowest BCUT2D eigenvalue weighted by atomic mass is 10.1. The highest BCUT2D eigenvalue weighted by molar-refractivity contribution is 9.18. The Morgan fingerprint density at radius 3 is 3.00 bits per heavy atom. The van der Waals surface area contributed by atoms with E-state index in [2.05, 4.69) is 21.2 Å². The first kappa shape index (κ1) is 11.0. The van der Waals surface area contributed by atoms with Gasteiger partial charge in [-0.1, -0.05) is 12.1 Å². The van der Waals surface area contributed by atoms with Gasteiger partial charge in [0.1, 0.15) is 5.75 Å². The van der Waals surface area contributed by atoms with Crippen molar-refractivity contribution in [2.75, 3.05) is 13.7 Å². The molecule has 0 spiro atoms. The summed E-state index contributed by atoms with van der Waals surface area (Å²) in [5.41, 5.74) is 1.14. The van der Waals surface area contributed by atoms with Crippen molar-refractivity contribution in [3.8, 4) is 5.75 Å². The van der Waals surface area contributed by atoms with Crippen LogP contribution < -0.4 is 10.1 Å². The molecule has 0 unspecified atom stereocenters. The zero-order chi connectivity index (χ0) is 10.4. The Balaban J connectivity index is 2.46. The summed E-state index contributed by atoms with van der Waals surface area (Å²) in [5.74, 6) is 0.840. The number of rotatable bonds is 4. The summed E-state index contributed by atoms with van der Waals surface area (Å²) < 4.78 is 5.09. The Bertz CT molecular complexity index is 315. The van der Waals surface area contributed by atoms with Crippen LogP contribution in [-0.2, 0) is 6.42 Å². The van der Waals surface area contributed by atoms with Crippen molar-refractivity contribution in [2.45, 2.75) is 6.42 Å². The molecule has 0 saturated heterocycles. The zero-order valence-electron chi connectivity index (χ0n) is 7.92. The molecule has 76 valence electrons. The highest BCUT2D eigenvalue weighted by atomic mass is 79.9. The smallest absolute Gasteiger partial charge is 0.287 e. The monoisotopic (exact) mass is 257 g/mol. The van der Waals surface area contributed by atoms with Crippen molar-refractivity contribution >= 4 is 20.7 Å². The lowest BCUT2D eigenvalue weighted by Crippen LogP contribution is -2.18. The van der Waals surface area contributed by atoms with E-state index < -0.39 is 0 Å². The van der Waals surface area contributed by atoms with Crippen LogP contribution in [0.15, 0.2) is 24.3 Å². The number of methoxy groups -OCH3 is 1. The van der Waals surface area contributed by atoms with Crippen molar-refractivity contribution in [1.29, 1.82) is 0 Å². The molecule has 4 heteroatoms. The summed E-state index contributed by atoms with van der Waals surface area (Å²) in [6, 6.07) is 7.79. The molecule has 0 fully saturated rings. The van der Waals surface area contributed by atoms with Gasteiger partial charge >= 0.3 is 0 Å². The third kappa shape index (κ3) is 3.79. The Morgan fingerprint density at radius 1 is 1.57 bits per heavy atom. The van der Waals surface area contributed by atoms with E-state index in [0.717, 1.165) is 17.7 Å². The first-order chi connectivity index (χ1) is 6.72. The molecule has 0 heterocycles. The number of nitrogens with one attached hydrogen (secondary N) is 1. The second kappa shape index (κ2) is 5.65. The van der Waals surface area contributed by atoms with Gasteiger partial charge in [-0.25, -0.2) is 0 Å². The molecule has 0 aliphatic heterocycles. The van der Waals surface area contributed by atoms with Crippen molar-refractivity contribution in [3.63, 3.8) is 0 Å². The van der Waals surface area contributed by atoms with Gasteiger partial charge in [0.15, 0.2) is 0 Å². The molecule has 0 bridgehead atoms. The van der Waals surface area contributed by atoms with Crippen molar-refractivity contribution in [2.24, 2.45) is 0 Å². The Hall–Kier alpha value is -1.03. The molecule has 0 saturated carbocycles. The van der Waals surface area contributed by atoms with E-state index >= 15 is 0 Å². The van der Waals surface area contributed by atoms with Crippen LogP contribution in [0.2, 0.25) is 0 Å². The van der Waals surface area contributed by atoms with E-state index in [9.17, 15) is 4.79 Å². The fourth-order valence-corrected chi connectivity index (χ4v) is 1.33. The number of carbonyl (C=O) groups excluding carboxylic acids is 1. The highest BCUT2D eigenvalue weighted by Crippen LogP contribution is 2.12. The minimum absolute atomic E-state index is 0.180. The maximum atomic E-state index is 10.5. The number of carbonyl (C=O) groups is 1. The molecule has 1 aromatic rings. The first-order valence-corrected chi connectivity index (χ1v) is 5.08. The Morgan fingerprint density at radius 2 is 2.36 bits per heavy atom. The average molecular weight is 258 g/mol. The molecule has 1 aromatic carbocycles.